The maximum absolute atomic E-state index is 12.2. The second kappa shape index (κ2) is 4.37. The summed E-state index contributed by atoms with van der Waals surface area (Å²) in [5.41, 5.74) is 6.25. The van der Waals surface area contributed by atoms with Gasteiger partial charge in [0.1, 0.15) is 5.69 Å². The molecular formula is C11H20N4O2. The third-order valence-electron chi connectivity index (χ3n) is 2.44. The van der Waals surface area contributed by atoms with Crippen molar-refractivity contribution in [2.24, 2.45) is 7.05 Å². The van der Waals surface area contributed by atoms with Crippen molar-refractivity contribution in [3.8, 4) is 0 Å². The number of nitrogens with zero attached hydrogens (tertiary/aromatic N) is 3. The maximum atomic E-state index is 12.2. The smallest absolute Gasteiger partial charge is 0.274 e. The minimum atomic E-state index is -0.938. The van der Waals surface area contributed by atoms with Gasteiger partial charge in [-0.05, 0) is 20.8 Å². The standard InChI is InChI=1S/C11H20N4O2/c1-7-8(12)9(15(5)13-7)10(16)14(4)6-11(2,3)17/h17H,6,12H2,1-5H3. The van der Waals surface area contributed by atoms with Gasteiger partial charge in [-0.1, -0.05) is 0 Å². The summed E-state index contributed by atoms with van der Waals surface area (Å²) in [5.74, 6) is -0.243. The van der Waals surface area contributed by atoms with Crippen molar-refractivity contribution in [1.82, 2.24) is 14.7 Å². The molecule has 96 valence electrons. The number of aromatic nitrogens is 2. The molecule has 0 aliphatic carbocycles. The topological polar surface area (TPSA) is 84.4 Å². The fourth-order valence-corrected chi connectivity index (χ4v) is 1.76. The molecule has 0 aliphatic rings. The number of nitrogens with two attached hydrogens (primary N) is 1. The predicted molar refractivity (Wildman–Crippen MR) is 65.6 cm³/mol. The van der Waals surface area contributed by atoms with Crippen LogP contribution in [0, 0.1) is 6.92 Å². The maximum Gasteiger partial charge on any atom is 0.274 e. The van der Waals surface area contributed by atoms with Crippen molar-refractivity contribution in [2.45, 2.75) is 26.4 Å². The first kappa shape index (κ1) is 13.5. The van der Waals surface area contributed by atoms with Gasteiger partial charge >= 0.3 is 0 Å². The molecule has 1 rings (SSSR count). The highest BCUT2D eigenvalue weighted by Gasteiger charge is 2.25. The Bertz CT molecular complexity index is 431. The van der Waals surface area contributed by atoms with Crippen molar-refractivity contribution in [2.75, 3.05) is 19.3 Å². The van der Waals surface area contributed by atoms with Crippen LogP contribution in [-0.4, -0.2) is 44.9 Å². The van der Waals surface area contributed by atoms with Crippen molar-refractivity contribution in [1.29, 1.82) is 0 Å². The SMILES string of the molecule is Cc1nn(C)c(C(=O)N(C)CC(C)(C)O)c1N. The lowest BCUT2D eigenvalue weighted by Gasteiger charge is -2.25. The highest BCUT2D eigenvalue weighted by molar-refractivity contribution is 5.97. The molecule has 0 saturated heterocycles. The van der Waals surface area contributed by atoms with Crippen molar-refractivity contribution in [3.63, 3.8) is 0 Å². The molecule has 0 radical (unpaired) electrons. The molecule has 1 aromatic heterocycles. The van der Waals surface area contributed by atoms with Crippen molar-refractivity contribution in [3.05, 3.63) is 11.4 Å². The summed E-state index contributed by atoms with van der Waals surface area (Å²) in [7, 11) is 3.30. The zero-order valence-corrected chi connectivity index (χ0v) is 11.0. The first-order valence-corrected chi connectivity index (χ1v) is 5.40. The first-order chi connectivity index (χ1) is 7.63. The number of rotatable bonds is 3. The highest BCUT2D eigenvalue weighted by Crippen LogP contribution is 2.17. The number of hydrogen-bond donors (Lipinski definition) is 2. The zero-order chi connectivity index (χ0) is 13.4. The molecule has 0 fully saturated rings. The highest BCUT2D eigenvalue weighted by atomic mass is 16.3. The summed E-state index contributed by atoms with van der Waals surface area (Å²) in [5, 5.41) is 13.8. The fraction of sp³-hybridized carbons (Fsp3) is 0.636. The second-order valence-electron chi connectivity index (χ2n) is 4.94. The minimum absolute atomic E-state index is 0.232. The molecule has 0 bridgehead atoms. The van der Waals surface area contributed by atoms with Gasteiger partial charge in [-0.15, -0.1) is 0 Å². The lowest BCUT2D eigenvalue weighted by atomic mass is 10.1. The molecule has 0 aromatic carbocycles. The number of aryl methyl sites for hydroxylation is 2. The molecule has 0 unspecified atom stereocenters. The summed E-state index contributed by atoms with van der Waals surface area (Å²) in [6, 6.07) is 0. The Morgan fingerprint density at radius 1 is 1.59 bits per heavy atom. The third kappa shape index (κ3) is 2.97. The molecule has 0 aliphatic heterocycles. The van der Waals surface area contributed by atoms with E-state index in [1.807, 2.05) is 0 Å². The Kier molecular flexibility index (Phi) is 3.47. The Morgan fingerprint density at radius 2 is 2.12 bits per heavy atom. The largest absolute Gasteiger partial charge is 0.395 e. The Balaban J connectivity index is 2.97. The summed E-state index contributed by atoms with van der Waals surface area (Å²) in [4.78, 5) is 13.6. The first-order valence-electron chi connectivity index (χ1n) is 5.40. The summed E-state index contributed by atoms with van der Waals surface area (Å²) in [6.45, 7) is 5.28. The van der Waals surface area contributed by atoms with Crippen LogP contribution in [0.2, 0.25) is 0 Å². The molecule has 1 aromatic rings. The molecule has 1 amide bonds. The van der Waals surface area contributed by atoms with Gasteiger partial charge in [-0.3, -0.25) is 9.48 Å². The van der Waals surface area contributed by atoms with Crippen LogP contribution in [0.5, 0.6) is 0 Å². The van der Waals surface area contributed by atoms with E-state index in [-0.39, 0.29) is 12.5 Å². The summed E-state index contributed by atoms with van der Waals surface area (Å²) < 4.78 is 1.47. The van der Waals surface area contributed by atoms with E-state index in [4.69, 9.17) is 5.73 Å². The quantitative estimate of drug-likeness (QED) is 0.788. The van der Waals surface area contributed by atoms with Crippen LogP contribution in [0.3, 0.4) is 0 Å². The van der Waals surface area contributed by atoms with Gasteiger partial charge in [0.2, 0.25) is 0 Å². The van der Waals surface area contributed by atoms with E-state index in [1.54, 1.807) is 34.9 Å². The van der Waals surface area contributed by atoms with Crippen LogP contribution in [-0.2, 0) is 7.05 Å². The van der Waals surface area contributed by atoms with Crippen molar-refractivity contribution < 1.29 is 9.90 Å². The number of hydrogen-bond acceptors (Lipinski definition) is 4. The fourth-order valence-electron chi connectivity index (χ4n) is 1.76. The van der Waals surface area contributed by atoms with E-state index in [2.05, 4.69) is 5.10 Å². The molecule has 17 heavy (non-hydrogen) atoms. The van der Waals surface area contributed by atoms with Crippen LogP contribution >= 0.6 is 0 Å². The van der Waals surface area contributed by atoms with E-state index < -0.39 is 5.60 Å². The van der Waals surface area contributed by atoms with E-state index in [9.17, 15) is 9.90 Å². The number of likely N-dealkylation sites (N-methyl/N-ethyl adjacent to an activating group) is 1. The van der Waals surface area contributed by atoms with E-state index in [1.165, 1.54) is 9.58 Å². The molecule has 0 spiro atoms. The number of carbonyl (C=O) groups excluding carboxylic acids is 1. The van der Waals surface area contributed by atoms with Crippen molar-refractivity contribution >= 4 is 11.6 Å². The molecule has 1 heterocycles. The number of anilines is 1. The number of aliphatic hydroxyl groups is 1. The summed E-state index contributed by atoms with van der Waals surface area (Å²) in [6.07, 6.45) is 0. The van der Waals surface area contributed by atoms with E-state index in [0.29, 0.717) is 17.1 Å². The number of carbonyl (C=O) groups is 1. The molecule has 3 N–H and O–H groups in total. The monoisotopic (exact) mass is 240 g/mol. The third-order valence-corrected chi connectivity index (χ3v) is 2.44. The number of amides is 1. The number of nitrogen functional groups attached to an aromatic ring is 1. The van der Waals surface area contributed by atoms with Gasteiger partial charge in [0.15, 0.2) is 0 Å². The molecular weight excluding hydrogens is 220 g/mol. The predicted octanol–water partition coefficient (Wildman–Crippen LogP) is 0.154. The molecule has 0 saturated carbocycles. The Morgan fingerprint density at radius 3 is 2.47 bits per heavy atom. The lowest BCUT2D eigenvalue weighted by Crippen LogP contribution is -2.40. The Hall–Kier alpha value is -1.56. The zero-order valence-electron chi connectivity index (χ0n) is 11.0. The van der Waals surface area contributed by atoms with Gasteiger partial charge in [0.25, 0.3) is 5.91 Å². The van der Waals surface area contributed by atoms with E-state index >= 15 is 0 Å². The van der Waals surface area contributed by atoms with E-state index in [0.717, 1.165) is 0 Å². The van der Waals surface area contributed by atoms with Crippen LogP contribution < -0.4 is 5.73 Å². The van der Waals surface area contributed by atoms with Crippen LogP contribution in [0.1, 0.15) is 30.0 Å². The summed E-state index contributed by atoms with van der Waals surface area (Å²) >= 11 is 0. The van der Waals surface area contributed by atoms with Crippen LogP contribution in [0.25, 0.3) is 0 Å². The van der Waals surface area contributed by atoms with Gasteiger partial charge in [0.05, 0.1) is 17.0 Å². The van der Waals surface area contributed by atoms with Crippen LogP contribution in [0.4, 0.5) is 5.69 Å². The Labute approximate surface area is 101 Å². The lowest BCUT2D eigenvalue weighted by molar-refractivity contribution is 0.0362. The molecule has 6 nitrogen and oxygen atoms in total. The van der Waals surface area contributed by atoms with Gasteiger partial charge in [-0.25, -0.2) is 0 Å². The average molecular weight is 240 g/mol. The average Bonchev–Trinajstić information content (AvgIpc) is 2.37. The molecule has 6 heteroatoms. The minimum Gasteiger partial charge on any atom is -0.395 e. The van der Waals surface area contributed by atoms with Gasteiger partial charge < -0.3 is 15.7 Å². The van der Waals surface area contributed by atoms with Gasteiger partial charge in [0, 0.05) is 20.6 Å². The second-order valence-corrected chi connectivity index (χ2v) is 4.94. The normalized spacial score (nSPS) is 11.6. The van der Waals surface area contributed by atoms with Gasteiger partial charge in [-0.2, -0.15) is 5.10 Å². The molecule has 0 atom stereocenters. The van der Waals surface area contributed by atoms with Crippen LogP contribution in [0.15, 0.2) is 0 Å².